The number of aliphatic hydroxyl groups is 3. The van der Waals surface area contributed by atoms with E-state index in [9.17, 15) is 29.4 Å². The van der Waals surface area contributed by atoms with Crippen LogP contribution in [0.5, 0.6) is 0 Å². The maximum atomic E-state index is 12.0. The Morgan fingerprint density at radius 1 is 0.703 bits per heavy atom. The van der Waals surface area contributed by atoms with Gasteiger partial charge in [-0.2, -0.15) is 0 Å². The fourth-order valence-corrected chi connectivity index (χ4v) is 2.40. The van der Waals surface area contributed by atoms with Gasteiger partial charge in [-0.15, -0.1) is 0 Å². The minimum absolute atomic E-state index is 0.0554. The van der Waals surface area contributed by atoms with Crippen LogP contribution < -0.4 is 0 Å². The molecule has 0 aromatic rings. The quantitative estimate of drug-likeness (QED) is 0.0718. The van der Waals surface area contributed by atoms with Crippen molar-refractivity contribution in [3.63, 3.8) is 0 Å². The van der Waals surface area contributed by atoms with E-state index in [1.807, 2.05) is 0 Å². The van der Waals surface area contributed by atoms with Crippen molar-refractivity contribution in [2.24, 2.45) is 0 Å². The molecule has 13 nitrogen and oxygen atoms in total. The Labute approximate surface area is 216 Å². The number of hydrogen-bond acceptors (Lipinski definition) is 13. The monoisotopic (exact) mass is 533 g/mol. The summed E-state index contributed by atoms with van der Waals surface area (Å²) in [7, 11) is 0. The van der Waals surface area contributed by atoms with Crippen LogP contribution in [0, 0.1) is 0 Å². The summed E-state index contributed by atoms with van der Waals surface area (Å²) in [6, 6.07) is 0. The normalized spacial score (nSPS) is 12.4. The number of carbonyl (C=O) groups is 4. The molecule has 37 heavy (non-hydrogen) atoms. The third-order valence-corrected chi connectivity index (χ3v) is 4.44. The second-order valence-corrected chi connectivity index (χ2v) is 8.11. The predicted octanol–water partition coefficient (Wildman–Crippen LogP) is -0.876. The number of carbonyl (C=O) groups excluding carboxylic acids is 4. The zero-order valence-corrected chi connectivity index (χ0v) is 21.5. The van der Waals surface area contributed by atoms with E-state index in [4.69, 9.17) is 28.8 Å². The van der Waals surface area contributed by atoms with E-state index >= 15 is 0 Å². The highest BCUT2D eigenvalue weighted by Gasteiger charge is 2.16. The molecule has 3 N–H and O–H groups in total. The summed E-state index contributed by atoms with van der Waals surface area (Å²) in [4.78, 5) is 48.4. The van der Waals surface area contributed by atoms with E-state index in [0.29, 0.717) is 6.54 Å². The summed E-state index contributed by atoms with van der Waals surface area (Å²) in [5.41, 5.74) is 0.354. The Balaban J connectivity index is 4.43. The summed E-state index contributed by atoms with van der Waals surface area (Å²) in [6.45, 7) is 9.32. The minimum atomic E-state index is -1.19. The summed E-state index contributed by atoms with van der Waals surface area (Å²) in [5.74, 6) is -2.55. The molecule has 2 atom stereocenters. The zero-order valence-electron chi connectivity index (χ0n) is 21.5. The Morgan fingerprint density at radius 3 is 1.49 bits per heavy atom. The summed E-state index contributed by atoms with van der Waals surface area (Å²) < 4.78 is 24.7. The van der Waals surface area contributed by atoms with E-state index in [1.165, 1.54) is 13.8 Å². The van der Waals surface area contributed by atoms with Crippen LogP contribution in [-0.2, 0) is 42.9 Å². The van der Waals surface area contributed by atoms with Gasteiger partial charge in [-0.25, -0.2) is 9.59 Å². The first-order valence-electron chi connectivity index (χ1n) is 11.7. The number of rotatable bonds is 21. The molecule has 212 valence electrons. The second-order valence-electron chi connectivity index (χ2n) is 8.11. The Kier molecular flexibility index (Phi) is 18.7. The first-order valence-corrected chi connectivity index (χ1v) is 11.7. The van der Waals surface area contributed by atoms with Crippen molar-refractivity contribution in [1.29, 1.82) is 0 Å². The number of hydrogen-bond donors (Lipinski definition) is 3. The third kappa shape index (κ3) is 19.0. The first-order chi connectivity index (χ1) is 17.5. The highest BCUT2D eigenvalue weighted by molar-refractivity contribution is 5.87. The van der Waals surface area contributed by atoms with Crippen molar-refractivity contribution >= 4 is 23.9 Å². The zero-order chi connectivity index (χ0) is 28.2. The van der Waals surface area contributed by atoms with Crippen LogP contribution in [0.15, 0.2) is 24.3 Å². The molecule has 2 unspecified atom stereocenters. The van der Waals surface area contributed by atoms with Gasteiger partial charge in [0, 0.05) is 30.8 Å². The smallest absolute Gasteiger partial charge is 0.333 e. The van der Waals surface area contributed by atoms with Gasteiger partial charge in [-0.05, 0) is 13.8 Å². The summed E-state index contributed by atoms with van der Waals surface area (Å²) in [5, 5.41) is 28.3. The van der Waals surface area contributed by atoms with Gasteiger partial charge < -0.3 is 39.0 Å². The topological polar surface area (TPSA) is 178 Å². The lowest BCUT2D eigenvalue weighted by Gasteiger charge is -2.22. The van der Waals surface area contributed by atoms with Crippen molar-refractivity contribution in [3.05, 3.63) is 24.3 Å². The molecule has 13 heteroatoms. The van der Waals surface area contributed by atoms with Crippen molar-refractivity contribution in [2.75, 3.05) is 65.9 Å². The van der Waals surface area contributed by atoms with Gasteiger partial charge in [-0.3, -0.25) is 14.5 Å². The number of esters is 4. The van der Waals surface area contributed by atoms with Crippen molar-refractivity contribution in [1.82, 2.24) is 4.90 Å². The molecule has 0 aliphatic carbocycles. The van der Waals surface area contributed by atoms with Crippen molar-refractivity contribution < 1.29 is 58.2 Å². The maximum absolute atomic E-state index is 12.0. The standard InChI is InChI=1S/C24H39NO12/c1-17(2)23(31)36-15-19(27)13-34-21(29)5-7-25(9-11-33-12-10-26)8-6-22(30)35-14-20(28)16-37-24(32)18(3)4/h19-20,26-28H,1,3,5-16H2,2,4H3. The summed E-state index contributed by atoms with van der Waals surface area (Å²) in [6.07, 6.45) is -2.49. The highest BCUT2D eigenvalue weighted by Crippen LogP contribution is 2.01. The molecule has 0 aromatic carbocycles. The van der Waals surface area contributed by atoms with Gasteiger partial charge in [0.25, 0.3) is 0 Å². The van der Waals surface area contributed by atoms with Crippen LogP contribution in [-0.4, -0.2) is 122 Å². The average molecular weight is 534 g/mol. The van der Waals surface area contributed by atoms with Crippen LogP contribution in [0.3, 0.4) is 0 Å². The van der Waals surface area contributed by atoms with Gasteiger partial charge in [0.1, 0.15) is 38.6 Å². The molecular weight excluding hydrogens is 494 g/mol. The van der Waals surface area contributed by atoms with Crippen LogP contribution in [0.1, 0.15) is 26.7 Å². The number of nitrogens with zero attached hydrogens (tertiary/aromatic N) is 1. The predicted molar refractivity (Wildman–Crippen MR) is 129 cm³/mol. The fraction of sp³-hybridized carbons (Fsp3) is 0.667. The van der Waals surface area contributed by atoms with Gasteiger partial charge in [-0.1, -0.05) is 13.2 Å². The molecule has 0 rings (SSSR count). The van der Waals surface area contributed by atoms with E-state index in [0.717, 1.165) is 0 Å². The molecule has 0 aliphatic rings. The van der Waals surface area contributed by atoms with Crippen molar-refractivity contribution in [3.8, 4) is 0 Å². The van der Waals surface area contributed by atoms with Gasteiger partial charge in [0.2, 0.25) is 0 Å². The molecule has 0 aromatic heterocycles. The summed E-state index contributed by atoms with van der Waals surface area (Å²) >= 11 is 0. The molecule has 0 heterocycles. The molecule has 0 saturated heterocycles. The van der Waals surface area contributed by atoms with Crippen LogP contribution in [0.2, 0.25) is 0 Å². The molecule has 0 radical (unpaired) electrons. The lowest BCUT2D eigenvalue weighted by molar-refractivity contribution is -0.151. The molecule has 0 saturated carbocycles. The van der Waals surface area contributed by atoms with E-state index < -0.39 is 36.1 Å². The Bertz CT molecular complexity index is 698. The van der Waals surface area contributed by atoms with E-state index in [-0.39, 0.29) is 83.3 Å². The van der Waals surface area contributed by atoms with Crippen LogP contribution in [0.25, 0.3) is 0 Å². The lowest BCUT2D eigenvalue weighted by Crippen LogP contribution is -2.34. The molecular formula is C24H39NO12. The van der Waals surface area contributed by atoms with E-state index in [1.54, 1.807) is 4.90 Å². The Hall–Kier alpha value is -2.84. The fourth-order valence-electron chi connectivity index (χ4n) is 2.40. The van der Waals surface area contributed by atoms with Gasteiger partial charge >= 0.3 is 23.9 Å². The molecule has 0 fully saturated rings. The lowest BCUT2D eigenvalue weighted by atomic mass is 10.3. The minimum Gasteiger partial charge on any atom is -0.463 e. The SMILES string of the molecule is C=C(C)C(=O)OCC(O)COC(=O)CCN(CCOCCO)CCC(=O)OCC(O)COC(=O)C(=C)C. The molecule has 0 spiro atoms. The third-order valence-electron chi connectivity index (χ3n) is 4.44. The number of ether oxygens (including phenoxy) is 5. The van der Waals surface area contributed by atoms with Gasteiger partial charge in [0.15, 0.2) is 0 Å². The van der Waals surface area contributed by atoms with Crippen molar-refractivity contribution in [2.45, 2.75) is 38.9 Å². The largest absolute Gasteiger partial charge is 0.463 e. The van der Waals surface area contributed by atoms with E-state index in [2.05, 4.69) is 13.2 Å². The van der Waals surface area contributed by atoms with Crippen LogP contribution in [0.4, 0.5) is 0 Å². The second kappa shape index (κ2) is 20.2. The Morgan fingerprint density at radius 2 is 1.11 bits per heavy atom. The molecule has 0 bridgehead atoms. The molecule has 0 aliphatic heterocycles. The van der Waals surface area contributed by atoms with Gasteiger partial charge in [0.05, 0.1) is 32.7 Å². The number of aliphatic hydroxyl groups excluding tert-OH is 3. The average Bonchev–Trinajstić information content (AvgIpc) is 2.86. The highest BCUT2D eigenvalue weighted by atomic mass is 16.6. The first kappa shape index (κ1) is 34.2. The molecule has 0 amide bonds. The van der Waals surface area contributed by atoms with Crippen LogP contribution >= 0.6 is 0 Å². The maximum Gasteiger partial charge on any atom is 0.333 e.